The lowest BCUT2D eigenvalue weighted by Gasteiger charge is -2.13. The van der Waals surface area contributed by atoms with E-state index in [4.69, 9.17) is 0 Å². The van der Waals surface area contributed by atoms with Crippen molar-refractivity contribution in [3.8, 4) is 0 Å². The van der Waals surface area contributed by atoms with Gasteiger partial charge in [0.15, 0.2) is 0 Å². The molecule has 2 aromatic carbocycles. The Morgan fingerprint density at radius 1 is 1.00 bits per heavy atom. The molecule has 0 bridgehead atoms. The third kappa shape index (κ3) is 3.39. The topological polar surface area (TPSA) is 91.4 Å². The molecule has 3 amide bonds. The second kappa shape index (κ2) is 7.16. The minimum Gasteiger partial charge on any atom is -0.274 e. The Hall–Kier alpha value is -3.26. The van der Waals surface area contributed by atoms with Gasteiger partial charge in [-0.1, -0.05) is 35.6 Å². The fraction of sp³-hybridized carbons (Fsp3) is 0.158. The van der Waals surface area contributed by atoms with Crippen molar-refractivity contribution in [3.63, 3.8) is 0 Å². The summed E-state index contributed by atoms with van der Waals surface area (Å²) in [6.07, 6.45) is 0.574. The van der Waals surface area contributed by atoms with Crippen molar-refractivity contribution >= 4 is 44.4 Å². The molecule has 1 aliphatic rings. The van der Waals surface area contributed by atoms with Crippen LogP contribution >= 0.6 is 11.3 Å². The lowest BCUT2D eigenvalue weighted by molar-refractivity contribution is -0.120. The molecule has 0 atom stereocenters. The van der Waals surface area contributed by atoms with Gasteiger partial charge in [0.05, 0.1) is 21.3 Å². The Bertz CT molecular complexity index is 978. The number of nitrogens with zero attached hydrogens (tertiary/aromatic N) is 2. The van der Waals surface area contributed by atoms with Gasteiger partial charge in [-0.2, -0.15) is 0 Å². The van der Waals surface area contributed by atoms with Gasteiger partial charge in [0, 0.05) is 13.0 Å². The molecule has 0 unspecified atom stereocenters. The fourth-order valence-corrected chi connectivity index (χ4v) is 3.77. The molecular weight excluding hydrogens is 364 g/mol. The first kappa shape index (κ1) is 17.2. The Balaban J connectivity index is 1.26. The minimum absolute atomic E-state index is 0.186. The monoisotopic (exact) mass is 380 g/mol. The summed E-state index contributed by atoms with van der Waals surface area (Å²) in [5.74, 6) is -0.835. The number of thiazole rings is 1. The number of carbonyl (C=O) groups excluding carboxylic acids is 3. The number of carbonyl (C=O) groups is 3. The van der Waals surface area contributed by atoms with Gasteiger partial charge in [-0.25, -0.2) is 4.98 Å². The highest BCUT2D eigenvalue weighted by atomic mass is 32.1. The largest absolute Gasteiger partial charge is 0.274 e. The lowest BCUT2D eigenvalue weighted by Crippen LogP contribution is -2.33. The molecule has 0 aliphatic carbocycles. The van der Waals surface area contributed by atoms with Crippen LogP contribution in [0.4, 0.5) is 5.13 Å². The number of aromatic nitrogens is 1. The van der Waals surface area contributed by atoms with Gasteiger partial charge in [-0.3, -0.25) is 30.1 Å². The molecule has 27 heavy (non-hydrogen) atoms. The molecule has 1 aromatic heterocycles. The third-order valence-electron chi connectivity index (χ3n) is 4.27. The molecule has 8 heteroatoms. The van der Waals surface area contributed by atoms with Crippen molar-refractivity contribution in [1.82, 2.24) is 15.3 Å². The van der Waals surface area contributed by atoms with Crippen LogP contribution in [0.15, 0.2) is 48.5 Å². The van der Waals surface area contributed by atoms with Crippen LogP contribution in [0.25, 0.3) is 10.2 Å². The van der Waals surface area contributed by atoms with Crippen LogP contribution in [0.2, 0.25) is 0 Å². The van der Waals surface area contributed by atoms with Crippen molar-refractivity contribution in [2.24, 2.45) is 0 Å². The van der Waals surface area contributed by atoms with Gasteiger partial charge in [0.1, 0.15) is 0 Å². The van der Waals surface area contributed by atoms with Crippen molar-refractivity contribution in [1.29, 1.82) is 0 Å². The summed E-state index contributed by atoms with van der Waals surface area (Å²) in [5, 5.41) is 0.602. The summed E-state index contributed by atoms with van der Waals surface area (Å²) < 4.78 is 1.03. The van der Waals surface area contributed by atoms with Crippen LogP contribution in [0, 0.1) is 0 Å². The Morgan fingerprint density at radius 3 is 2.37 bits per heavy atom. The predicted octanol–water partition coefficient (Wildman–Crippen LogP) is 2.82. The van der Waals surface area contributed by atoms with Crippen molar-refractivity contribution in [3.05, 3.63) is 59.7 Å². The van der Waals surface area contributed by atoms with E-state index in [2.05, 4.69) is 15.8 Å². The fourth-order valence-electron chi connectivity index (χ4n) is 2.95. The van der Waals surface area contributed by atoms with Crippen molar-refractivity contribution in [2.75, 3.05) is 12.0 Å². The number of hydrogen-bond donors (Lipinski definition) is 2. The Kier molecular flexibility index (Phi) is 4.55. The highest BCUT2D eigenvalue weighted by Crippen LogP contribution is 2.25. The molecule has 0 radical (unpaired) electrons. The van der Waals surface area contributed by atoms with E-state index in [9.17, 15) is 14.4 Å². The number of rotatable bonds is 6. The molecule has 3 aromatic rings. The Morgan fingerprint density at radius 2 is 1.67 bits per heavy atom. The number of benzene rings is 2. The highest BCUT2D eigenvalue weighted by Gasteiger charge is 2.34. The maximum absolute atomic E-state index is 12.3. The first-order valence-electron chi connectivity index (χ1n) is 8.49. The number of para-hydroxylation sites is 1. The molecule has 0 saturated heterocycles. The van der Waals surface area contributed by atoms with E-state index in [1.165, 1.54) is 16.2 Å². The van der Waals surface area contributed by atoms with E-state index >= 15 is 0 Å². The summed E-state index contributed by atoms with van der Waals surface area (Å²) >= 11 is 1.44. The first-order chi connectivity index (χ1) is 13.1. The summed E-state index contributed by atoms with van der Waals surface area (Å²) in [6, 6.07) is 14.5. The number of nitrogens with one attached hydrogen (secondary N) is 2. The van der Waals surface area contributed by atoms with Crippen LogP contribution in [0.5, 0.6) is 0 Å². The number of hydrogen-bond acceptors (Lipinski definition) is 6. The molecule has 2 N–H and O–H groups in total. The summed E-state index contributed by atoms with van der Waals surface area (Å²) in [6.45, 7) is 0.209. The van der Waals surface area contributed by atoms with Crippen LogP contribution in [-0.4, -0.2) is 34.2 Å². The van der Waals surface area contributed by atoms with Gasteiger partial charge in [-0.05, 0) is 30.7 Å². The molecule has 0 spiro atoms. The normalized spacial score (nSPS) is 13.1. The van der Waals surface area contributed by atoms with Crippen molar-refractivity contribution in [2.45, 2.75) is 12.8 Å². The maximum Gasteiger partial charge on any atom is 0.261 e. The van der Waals surface area contributed by atoms with Gasteiger partial charge >= 0.3 is 0 Å². The number of amides is 3. The van der Waals surface area contributed by atoms with Crippen LogP contribution < -0.4 is 10.9 Å². The standard InChI is InChI=1S/C19H16N4O3S/c24-16(21-22-19-20-14-8-3-4-9-15(14)27-19)10-5-11-23-17(25)12-6-1-2-7-13(12)18(23)26/h1-4,6-9H,5,10-11H2,(H,20,22)(H,21,24). The maximum atomic E-state index is 12.3. The molecule has 1 aliphatic heterocycles. The smallest absolute Gasteiger partial charge is 0.261 e. The number of anilines is 1. The molecule has 2 heterocycles. The van der Waals surface area contributed by atoms with E-state index in [1.807, 2.05) is 24.3 Å². The molecular formula is C19H16N4O3S. The first-order valence-corrected chi connectivity index (χ1v) is 9.31. The quantitative estimate of drug-likeness (QED) is 0.507. The third-order valence-corrected chi connectivity index (χ3v) is 5.22. The van der Waals surface area contributed by atoms with Gasteiger partial charge in [0.2, 0.25) is 11.0 Å². The second-order valence-electron chi connectivity index (χ2n) is 6.07. The number of fused-ring (bicyclic) bond motifs is 2. The molecule has 4 rings (SSSR count). The van der Waals surface area contributed by atoms with Crippen LogP contribution in [-0.2, 0) is 4.79 Å². The molecule has 0 saturated carbocycles. The van der Waals surface area contributed by atoms with E-state index in [1.54, 1.807) is 24.3 Å². The second-order valence-corrected chi connectivity index (χ2v) is 7.10. The van der Waals surface area contributed by atoms with Crippen LogP contribution in [0.3, 0.4) is 0 Å². The SMILES string of the molecule is O=C(CCCN1C(=O)c2ccccc2C1=O)NNc1nc2ccccc2s1. The molecule has 0 fully saturated rings. The average molecular weight is 380 g/mol. The number of imide groups is 1. The van der Waals surface area contributed by atoms with Crippen LogP contribution in [0.1, 0.15) is 33.6 Å². The number of hydrazine groups is 1. The van der Waals surface area contributed by atoms with Gasteiger partial charge in [-0.15, -0.1) is 0 Å². The highest BCUT2D eigenvalue weighted by molar-refractivity contribution is 7.22. The molecule has 7 nitrogen and oxygen atoms in total. The minimum atomic E-state index is -0.302. The van der Waals surface area contributed by atoms with E-state index in [0.717, 1.165) is 10.2 Å². The van der Waals surface area contributed by atoms with E-state index in [0.29, 0.717) is 22.7 Å². The summed E-state index contributed by atoms with van der Waals surface area (Å²) in [4.78, 5) is 42.1. The van der Waals surface area contributed by atoms with E-state index < -0.39 is 0 Å². The Labute approximate surface area is 159 Å². The predicted molar refractivity (Wildman–Crippen MR) is 102 cm³/mol. The molecule has 136 valence electrons. The lowest BCUT2D eigenvalue weighted by atomic mass is 10.1. The zero-order valence-corrected chi connectivity index (χ0v) is 15.1. The summed E-state index contributed by atoms with van der Waals surface area (Å²) in [7, 11) is 0. The van der Waals surface area contributed by atoms with Crippen molar-refractivity contribution < 1.29 is 14.4 Å². The van der Waals surface area contributed by atoms with Gasteiger partial charge < -0.3 is 0 Å². The summed E-state index contributed by atoms with van der Waals surface area (Å²) in [5.41, 5.74) is 7.11. The van der Waals surface area contributed by atoms with E-state index in [-0.39, 0.29) is 30.7 Å². The van der Waals surface area contributed by atoms with Gasteiger partial charge in [0.25, 0.3) is 11.8 Å². The zero-order chi connectivity index (χ0) is 18.8. The zero-order valence-electron chi connectivity index (χ0n) is 14.3. The average Bonchev–Trinajstić information content (AvgIpc) is 3.21.